The largest absolute Gasteiger partial charge is 0.480 e. The molecule has 2 aromatic rings. The Morgan fingerprint density at radius 3 is 2.90 bits per heavy atom. The number of carboxylic acids is 1. The van der Waals surface area contributed by atoms with Crippen LogP contribution in [0, 0.1) is 0 Å². The average molecular weight is 285 g/mol. The number of carboxylic acid groups (broad SMARTS) is 1. The Kier molecular flexibility index (Phi) is 2.66. The second kappa shape index (κ2) is 4.54. The van der Waals surface area contributed by atoms with E-state index in [1.807, 2.05) is 33.8 Å². The number of anilines is 1. The van der Waals surface area contributed by atoms with Gasteiger partial charge in [0.1, 0.15) is 6.04 Å². The summed E-state index contributed by atoms with van der Waals surface area (Å²) in [5, 5.41) is 21.3. The molecule has 1 N–H and O–H groups in total. The van der Waals surface area contributed by atoms with E-state index in [0.717, 1.165) is 29.9 Å². The van der Waals surface area contributed by atoms with Gasteiger partial charge in [0, 0.05) is 12.1 Å². The zero-order chi connectivity index (χ0) is 14.4. The summed E-state index contributed by atoms with van der Waals surface area (Å²) in [6.45, 7) is 0.428. The molecule has 0 radical (unpaired) electrons. The van der Waals surface area contributed by atoms with E-state index in [4.69, 9.17) is 0 Å². The van der Waals surface area contributed by atoms with Gasteiger partial charge in [-0.1, -0.05) is 18.2 Å². The Labute approximate surface area is 121 Å². The number of para-hydroxylation sites is 1. The lowest BCUT2D eigenvalue weighted by Crippen LogP contribution is -2.38. The molecule has 1 atom stereocenters. The average Bonchev–Trinajstić information content (AvgIpc) is 3.11. The van der Waals surface area contributed by atoms with Crippen molar-refractivity contribution in [3.05, 3.63) is 35.7 Å². The molecule has 4 rings (SSSR count). The number of aromatic nitrogens is 4. The smallest absolute Gasteiger partial charge is 0.326 e. The molecular weight excluding hydrogens is 270 g/mol. The van der Waals surface area contributed by atoms with Crippen molar-refractivity contribution in [3.63, 3.8) is 0 Å². The molecule has 1 fully saturated rings. The summed E-state index contributed by atoms with van der Waals surface area (Å²) in [5.74, 6) is -0.0721. The predicted molar refractivity (Wildman–Crippen MR) is 73.8 cm³/mol. The quantitative estimate of drug-likeness (QED) is 0.903. The Hall–Kier alpha value is -2.44. The summed E-state index contributed by atoms with van der Waals surface area (Å²) in [6.07, 6.45) is 2.71. The molecule has 0 bridgehead atoms. The maximum atomic E-state index is 11.5. The summed E-state index contributed by atoms with van der Waals surface area (Å²) in [4.78, 5) is 13.4. The first kappa shape index (κ1) is 12.3. The topological polar surface area (TPSA) is 84.1 Å². The molecule has 2 aliphatic rings. The van der Waals surface area contributed by atoms with Crippen molar-refractivity contribution in [2.75, 3.05) is 4.90 Å². The fraction of sp³-hybridized carbons (Fsp3) is 0.429. The van der Waals surface area contributed by atoms with Crippen LogP contribution in [0.5, 0.6) is 0 Å². The highest BCUT2D eigenvalue weighted by Crippen LogP contribution is 2.36. The van der Waals surface area contributed by atoms with Crippen LogP contribution in [0.1, 0.15) is 30.3 Å². The molecule has 1 saturated carbocycles. The van der Waals surface area contributed by atoms with Gasteiger partial charge in [0.05, 0.1) is 12.6 Å². The Bertz CT molecular complexity index is 694. The van der Waals surface area contributed by atoms with Gasteiger partial charge in [-0.25, -0.2) is 9.48 Å². The lowest BCUT2D eigenvalue weighted by atomic mass is 10.1. The van der Waals surface area contributed by atoms with Crippen LogP contribution in [-0.4, -0.2) is 37.3 Å². The second-order valence-corrected chi connectivity index (χ2v) is 5.59. The molecule has 1 unspecified atom stereocenters. The normalized spacial score (nSPS) is 20.6. The predicted octanol–water partition coefficient (Wildman–Crippen LogP) is 1.02. The van der Waals surface area contributed by atoms with Crippen LogP contribution in [0.3, 0.4) is 0 Å². The first-order chi connectivity index (χ1) is 10.2. The zero-order valence-corrected chi connectivity index (χ0v) is 11.4. The van der Waals surface area contributed by atoms with Crippen molar-refractivity contribution in [1.82, 2.24) is 20.2 Å². The van der Waals surface area contributed by atoms with Gasteiger partial charge in [0.15, 0.2) is 5.82 Å². The van der Waals surface area contributed by atoms with Gasteiger partial charge in [-0.15, -0.1) is 5.10 Å². The van der Waals surface area contributed by atoms with Crippen LogP contribution >= 0.6 is 0 Å². The summed E-state index contributed by atoms with van der Waals surface area (Å²) in [7, 11) is 0. The van der Waals surface area contributed by atoms with E-state index < -0.39 is 12.0 Å². The summed E-state index contributed by atoms with van der Waals surface area (Å²) in [5.41, 5.74) is 2.03. The SMILES string of the molecule is O=C(O)C1Cc2ccccc2N1Cc1nnnn1C1CC1. The molecule has 1 aliphatic carbocycles. The van der Waals surface area contributed by atoms with Gasteiger partial charge in [-0.05, 0) is 34.9 Å². The van der Waals surface area contributed by atoms with Crippen LogP contribution in [-0.2, 0) is 17.8 Å². The molecular formula is C14H15N5O2. The maximum Gasteiger partial charge on any atom is 0.326 e. The third-order valence-corrected chi connectivity index (χ3v) is 4.14. The summed E-state index contributed by atoms with van der Waals surface area (Å²) >= 11 is 0. The standard InChI is InChI=1S/C14H15N5O2/c20-14(21)12-7-9-3-1-2-4-11(9)18(12)8-13-15-16-17-19(13)10-5-6-10/h1-4,10,12H,5-8H2,(H,20,21). The Morgan fingerprint density at radius 2 is 2.14 bits per heavy atom. The van der Waals surface area contributed by atoms with Crippen LogP contribution in [0.2, 0.25) is 0 Å². The van der Waals surface area contributed by atoms with Gasteiger partial charge in [-0.2, -0.15) is 0 Å². The van der Waals surface area contributed by atoms with E-state index in [1.54, 1.807) is 0 Å². The van der Waals surface area contributed by atoms with Crippen LogP contribution < -0.4 is 4.90 Å². The van der Waals surface area contributed by atoms with Gasteiger partial charge >= 0.3 is 5.97 Å². The van der Waals surface area contributed by atoms with Crippen LogP contribution in [0.25, 0.3) is 0 Å². The van der Waals surface area contributed by atoms with E-state index in [-0.39, 0.29) is 0 Å². The first-order valence-corrected chi connectivity index (χ1v) is 7.08. The number of nitrogens with zero attached hydrogens (tertiary/aromatic N) is 5. The number of rotatable bonds is 4. The molecule has 1 aliphatic heterocycles. The number of benzene rings is 1. The van der Waals surface area contributed by atoms with E-state index in [2.05, 4.69) is 15.5 Å². The number of fused-ring (bicyclic) bond motifs is 1. The van der Waals surface area contributed by atoms with Crippen molar-refractivity contribution < 1.29 is 9.90 Å². The Morgan fingerprint density at radius 1 is 1.33 bits per heavy atom. The molecule has 1 aromatic carbocycles. The van der Waals surface area contributed by atoms with Crippen LogP contribution in [0.15, 0.2) is 24.3 Å². The third-order valence-electron chi connectivity index (χ3n) is 4.14. The highest BCUT2D eigenvalue weighted by atomic mass is 16.4. The van der Waals surface area contributed by atoms with Gasteiger partial charge in [0.2, 0.25) is 0 Å². The maximum absolute atomic E-state index is 11.5. The Balaban J connectivity index is 1.68. The zero-order valence-electron chi connectivity index (χ0n) is 11.4. The third kappa shape index (κ3) is 2.05. The number of aliphatic carboxylic acids is 1. The van der Waals surface area contributed by atoms with Gasteiger partial charge in [0.25, 0.3) is 0 Å². The molecule has 7 heteroatoms. The monoisotopic (exact) mass is 285 g/mol. The molecule has 108 valence electrons. The minimum atomic E-state index is -0.809. The molecule has 2 heterocycles. The number of hydrogen-bond donors (Lipinski definition) is 1. The van der Waals surface area contributed by atoms with Crippen molar-refractivity contribution in [2.24, 2.45) is 0 Å². The van der Waals surface area contributed by atoms with E-state index >= 15 is 0 Å². The van der Waals surface area contributed by atoms with E-state index in [1.165, 1.54) is 0 Å². The lowest BCUT2D eigenvalue weighted by molar-refractivity contribution is -0.138. The minimum Gasteiger partial charge on any atom is -0.480 e. The van der Waals surface area contributed by atoms with Crippen molar-refractivity contribution in [2.45, 2.75) is 37.9 Å². The molecule has 21 heavy (non-hydrogen) atoms. The number of carbonyl (C=O) groups is 1. The van der Waals surface area contributed by atoms with Gasteiger partial charge < -0.3 is 10.0 Å². The van der Waals surface area contributed by atoms with Crippen molar-refractivity contribution >= 4 is 11.7 Å². The number of tetrazole rings is 1. The lowest BCUT2D eigenvalue weighted by Gasteiger charge is -2.24. The van der Waals surface area contributed by atoms with Crippen LogP contribution in [0.4, 0.5) is 5.69 Å². The fourth-order valence-electron chi connectivity index (χ4n) is 2.94. The minimum absolute atomic E-state index is 0.385. The summed E-state index contributed by atoms with van der Waals surface area (Å²) < 4.78 is 1.83. The van der Waals surface area contributed by atoms with Gasteiger partial charge in [-0.3, -0.25) is 0 Å². The molecule has 0 amide bonds. The van der Waals surface area contributed by atoms with Crippen molar-refractivity contribution in [1.29, 1.82) is 0 Å². The number of hydrogen-bond acceptors (Lipinski definition) is 5. The molecule has 7 nitrogen and oxygen atoms in total. The first-order valence-electron chi connectivity index (χ1n) is 7.08. The highest BCUT2D eigenvalue weighted by molar-refractivity contribution is 5.82. The molecule has 0 spiro atoms. The van der Waals surface area contributed by atoms with Crippen molar-refractivity contribution in [3.8, 4) is 0 Å². The molecule has 1 aromatic heterocycles. The molecule has 0 saturated heterocycles. The second-order valence-electron chi connectivity index (χ2n) is 5.59. The fourth-order valence-corrected chi connectivity index (χ4v) is 2.94. The summed E-state index contributed by atoms with van der Waals surface area (Å²) in [6, 6.07) is 7.65. The van der Waals surface area contributed by atoms with E-state index in [9.17, 15) is 9.90 Å². The van der Waals surface area contributed by atoms with E-state index in [0.29, 0.717) is 19.0 Å². The highest BCUT2D eigenvalue weighted by Gasteiger charge is 2.36.